The van der Waals surface area contributed by atoms with Gasteiger partial charge in [0.05, 0.1) is 12.9 Å². The van der Waals surface area contributed by atoms with E-state index in [9.17, 15) is 0 Å². The fourth-order valence-corrected chi connectivity index (χ4v) is 1.78. The Morgan fingerprint density at radius 3 is 2.58 bits per heavy atom. The molecule has 0 N–H and O–H groups in total. The van der Waals surface area contributed by atoms with Crippen LogP contribution in [0, 0.1) is 5.41 Å². The van der Waals surface area contributed by atoms with Crippen molar-refractivity contribution in [3.8, 4) is 0 Å². The molecule has 0 bridgehead atoms. The van der Waals surface area contributed by atoms with Gasteiger partial charge in [-0.3, -0.25) is 0 Å². The summed E-state index contributed by atoms with van der Waals surface area (Å²) in [4.78, 5) is 0. The molecule has 0 saturated carbocycles. The lowest BCUT2D eigenvalue weighted by Crippen LogP contribution is -2.08. The predicted molar refractivity (Wildman–Crippen MR) is 57.5 cm³/mol. The Kier molecular flexibility index (Phi) is 6.35. The molecule has 12 heavy (non-hydrogen) atoms. The van der Waals surface area contributed by atoms with E-state index < -0.39 is 0 Å². The molecule has 0 atom stereocenters. The summed E-state index contributed by atoms with van der Waals surface area (Å²) in [6.45, 7) is 11.1. The molecule has 0 aromatic carbocycles. The number of thioether (sulfide) groups is 1. The molecule has 0 rings (SSSR count). The summed E-state index contributed by atoms with van der Waals surface area (Å²) < 4.78 is 5.02. The van der Waals surface area contributed by atoms with Crippen LogP contribution in [0.15, 0.2) is 12.8 Å². The number of hydrogen-bond acceptors (Lipinski definition) is 2. The molecular formula is C10H20OS. The van der Waals surface area contributed by atoms with Gasteiger partial charge in [-0.05, 0) is 23.3 Å². The maximum Gasteiger partial charge on any atom is 0.0880 e. The molecule has 0 aromatic heterocycles. The topological polar surface area (TPSA) is 9.23 Å². The second-order valence-electron chi connectivity index (χ2n) is 4.00. The summed E-state index contributed by atoms with van der Waals surface area (Å²) in [5.41, 5.74) is 0.448. The van der Waals surface area contributed by atoms with Crippen molar-refractivity contribution in [2.24, 2.45) is 5.41 Å². The maximum atomic E-state index is 5.02. The van der Waals surface area contributed by atoms with Crippen LogP contribution >= 0.6 is 11.8 Å². The summed E-state index contributed by atoms with van der Waals surface area (Å²) in [7, 11) is 0. The Hall–Kier alpha value is -0.110. The minimum absolute atomic E-state index is 0.448. The van der Waals surface area contributed by atoms with Crippen LogP contribution in [0.3, 0.4) is 0 Å². The zero-order chi connectivity index (χ0) is 9.45. The third-order valence-electron chi connectivity index (χ3n) is 1.20. The molecule has 0 aliphatic rings. The van der Waals surface area contributed by atoms with Crippen LogP contribution in [0.4, 0.5) is 0 Å². The summed E-state index contributed by atoms with van der Waals surface area (Å²) in [6, 6.07) is 0. The first kappa shape index (κ1) is 11.9. The van der Waals surface area contributed by atoms with E-state index in [2.05, 4.69) is 27.4 Å². The molecule has 0 fully saturated rings. The van der Waals surface area contributed by atoms with Crippen molar-refractivity contribution < 1.29 is 4.74 Å². The van der Waals surface area contributed by atoms with Gasteiger partial charge in [0.25, 0.3) is 0 Å². The molecule has 0 heterocycles. The highest BCUT2D eigenvalue weighted by molar-refractivity contribution is 7.99. The number of hydrogen-bond donors (Lipinski definition) is 0. The average molecular weight is 188 g/mol. The minimum Gasteiger partial charge on any atom is -0.502 e. The Balaban J connectivity index is 3.06. The van der Waals surface area contributed by atoms with Crippen LogP contribution < -0.4 is 0 Å². The molecule has 0 saturated heterocycles. The Morgan fingerprint density at radius 1 is 1.42 bits per heavy atom. The molecule has 1 nitrogen and oxygen atoms in total. The van der Waals surface area contributed by atoms with E-state index in [1.165, 1.54) is 17.8 Å². The first-order valence-electron chi connectivity index (χ1n) is 4.36. The van der Waals surface area contributed by atoms with Gasteiger partial charge in [-0.25, -0.2) is 0 Å². The third kappa shape index (κ3) is 9.89. The van der Waals surface area contributed by atoms with Gasteiger partial charge < -0.3 is 4.74 Å². The molecule has 0 amide bonds. The van der Waals surface area contributed by atoms with E-state index in [1.54, 1.807) is 0 Å². The third-order valence-corrected chi connectivity index (χ3v) is 2.85. The second kappa shape index (κ2) is 6.41. The van der Waals surface area contributed by atoms with Crippen LogP contribution in [0.1, 0.15) is 27.2 Å². The first-order valence-corrected chi connectivity index (χ1v) is 5.52. The van der Waals surface area contributed by atoms with E-state index >= 15 is 0 Å². The summed E-state index contributed by atoms with van der Waals surface area (Å²) in [5, 5.41) is 0. The predicted octanol–water partition coefficient (Wildman–Crippen LogP) is 3.32. The monoisotopic (exact) mass is 188 g/mol. The lowest BCUT2D eigenvalue weighted by molar-refractivity contribution is 0.252. The minimum atomic E-state index is 0.448. The van der Waals surface area contributed by atoms with Crippen LogP contribution in [-0.4, -0.2) is 18.1 Å². The summed E-state index contributed by atoms with van der Waals surface area (Å²) >= 11 is 2.00. The standard InChI is InChI=1S/C10H20OS/c1-5-11-7-6-8-12-9-10(2,3)4/h5H,1,6-9H2,2-4H3. The zero-order valence-corrected chi connectivity index (χ0v) is 9.25. The van der Waals surface area contributed by atoms with Crippen LogP contribution in [-0.2, 0) is 4.74 Å². The van der Waals surface area contributed by atoms with Gasteiger partial charge in [-0.1, -0.05) is 27.4 Å². The highest BCUT2D eigenvalue weighted by atomic mass is 32.2. The lowest BCUT2D eigenvalue weighted by atomic mass is 10.0. The lowest BCUT2D eigenvalue weighted by Gasteiger charge is -2.16. The Bertz CT molecular complexity index is 115. The van der Waals surface area contributed by atoms with Crippen molar-refractivity contribution in [3.63, 3.8) is 0 Å². The van der Waals surface area contributed by atoms with Crippen LogP contribution in [0.5, 0.6) is 0 Å². The highest BCUT2D eigenvalue weighted by Gasteiger charge is 2.08. The fraction of sp³-hybridized carbons (Fsp3) is 0.800. The quantitative estimate of drug-likeness (QED) is 0.467. The molecule has 0 aliphatic heterocycles. The van der Waals surface area contributed by atoms with E-state index in [4.69, 9.17) is 4.74 Å². The molecular weight excluding hydrogens is 168 g/mol. The van der Waals surface area contributed by atoms with E-state index in [0.29, 0.717) is 5.41 Å². The Morgan fingerprint density at radius 2 is 2.08 bits per heavy atom. The van der Waals surface area contributed by atoms with Gasteiger partial charge in [0.15, 0.2) is 0 Å². The molecule has 72 valence electrons. The van der Waals surface area contributed by atoms with Gasteiger partial charge in [0.1, 0.15) is 0 Å². The maximum absolute atomic E-state index is 5.02. The van der Waals surface area contributed by atoms with Gasteiger partial charge in [-0.15, -0.1) is 0 Å². The normalized spacial score (nSPS) is 11.2. The van der Waals surface area contributed by atoms with Crippen LogP contribution in [0.2, 0.25) is 0 Å². The summed E-state index contributed by atoms with van der Waals surface area (Å²) in [6.07, 6.45) is 2.63. The molecule has 0 spiro atoms. The first-order chi connectivity index (χ1) is 5.56. The SMILES string of the molecule is C=COCCCSCC(C)(C)C. The fourth-order valence-electron chi connectivity index (χ4n) is 0.706. The molecule has 0 aliphatic carbocycles. The van der Waals surface area contributed by atoms with Gasteiger partial charge in [0.2, 0.25) is 0 Å². The molecule has 0 radical (unpaired) electrons. The van der Waals surface area contributed by atoms with E-state index in [-0.39, 0.29) is 0 Å². The van der Waals surface area contributed by atoms with Crippen molar-refractivity contribution in [2.75, 3.05) is 18.1 Å². The Labute approximate surface area is 80.6 Å². The van der Waals surface area contributed by atoms with Crippen molar-refractivity contribution in [2.45, 2.75) is 27.2 Å². The van der Waals surface area contributed by atoms with Crippen LogP contribution in [0.25, 0.3) is 0 Å². The summed E-state index contributed by atoms with van der Waals surface area (Å²) in [5.74, 6) is 2.41. The molecule has 0 unspecified atom stereocenters. The van der Waals surface area contributed by atoms with E-state index in [0.717, 1.165) is 13.0 Å². The van der Waals surface area contributed by atoms with Gasteiger partial charge in [-0.2, -0.15) is 11.8 Å². The molecule has 0 aromatic rings. The smallest absolute Gasteiger partial charge is 0.0880 e. The van der Waals surface area contributed by atoms with Crippen molar-refractivity contribution in [3.05, 3.63) is 12.8 Å². The second-order valence-corrected chi connectivity index (χ2v) is 5.11. The van der Waals surface area contributed by atoms with Gasteiger partial charge in [0, 0.05) is 0 Å². The molecule has 2 heteroatoms. The van der Waals surface area contributed by atoms with Crippen molar-refractivity contribution in [1.82, 2.24) is 0 Å². The number of rotatable bonds is 6. The van der Waals surface area contributed by atoms with Crippen molar-refractivity contribution in [1.29, 1.82) is 0 Å². The van der Waals surface area contributed by atoms with E-state index in [1.807, 2.05) is 11.8 Å². The average Bonchev–Trinajstić information content (AvgIpc) is 1.94. The largest absolute Gasteiger partial charge is 0.502 e. The van der Waals surface area contributed by atoms with Gasteiger partial charge >= 0.3 is 0 Å². The van der Waals surface area contributed by atoms with Crippen molar-refractivity contribution >= 4 is 11.8 Å². The number of ether oxygens (including phenoxy) is 1. The highest BCUT2D eigenvalue weighted by Crippen LogP contribution is 2.20. The zero-order valence-electron chi connectivity index (χ0n) is 8.43.